The van der Waals surface area contributed by atoms with Gasteiger partial charge >= 0.3 is 6.36 Å². The van der Waals surface area contributed by atoms with Crippen molar-refractivity contribution in [3.63, 3.8) is 0 Å². The Morgan fingerprint density at radius 3 is 2.22 bits per heavy atom. The molecule has 3 rings (SSSR count). The normalized spacial score (nSPS) is 20.6. The molecule has 0 spiro atoms. The number of halogens is 5. The highest BCUT2D eigenvalue weighted by Gasteiger charge is 2.41. The quantitative estimate of drug-likeness (QED) is 0.577. The Morgan fingerprint density at radius 2 is 1.66 bits per heavy atom. The van der Waals surface area contributed by atoms with Crippen LogP contribution in [-0.2, 0) is 0 Å². The summed E-state index contributed by atoms with van der Waals surface area (Å²) in [6.07, 6.45) is -0.548. The van der Waals surface area contributed by atoms with E-state index in [9.17, 15) is 18.3 Å². The van der Waals surface area contributed by atoms with E-state index in [1.165, 1.54) is 12.1 Å². The number of hydrogen-bond acceptors (Lipinski definition) is 5. The van der Waals surface area contributed by atoms with E-state index in [0.29, 0.717) is 24.9 Å². The fourth-order valence-corrected chi connectivity index (χ4v) is 4.61. The summed E-state index contributed by atoms with van der Waals surface area (Å²) >= 11 is 0. The maximum absolute atomic E-state index is 13.0. The Kier molecular flexibility index (Phi) is 11.4. The number of piperazine rings is 1. The first-order valence-electron chi connectivity index (χ1n) is 10.9. The predicted molar refractivity (Wildman–Crippen MR) is 124 cm³/mol. The Labute approximate surface area is 201 Å². The Hall–Kier alpha value is -0.930. The van der Waals surface area contributed by atoms with Crippen molar-refractivity contribution in [3.05, 3.63) is 23.8 Å². The van der Waals surface area contributed by atoms with Gasteiger partial charge in [0.2, 0.25) is 0 Å². The highest BCUT2D eigenvalue weighted by atomic mass is 35.5. The summed E-state index contributed by atoms with van der Waals surface area (Å²) in [5, 5.41) is 11.5. The first-order valence-corrected chi connectivity index (χ1v) is 10.9. The van der Waals surface area contributed by atoms with Crippen molar-refractivity contribution in [3.8, 4) is 11.5 Å². The van der Waals surface area contributed by atoms with E-state index < -0.39 is 12.0 Å². The number of likely N-dealkylation sites (N-methyl/N-ethyl adjacent to an activating group) is 1. The molecule has 5 nitrogen and oxygen atoms in total. The minimum absolute atomic E-state index is 0. The molecule has 0 bridgehead atoms. The van der Waals surface area contributed by atoms with Gasteiger partial charge in [-0.25, -0.2) is 0 Å². The molecule has 0 aromatic heterocycles. The second-order valence-corrected chi connectivity index (χ2v) is 8.51. The maximum Gasteiger partial charge on any atom is 0.573 e. The highest BCUT2D eigenvalue weighted by molar-refractivity contribution is 5.85. The zero-order valence-electron chi connectivity index (χ0n) is 18.7. The molecule has 2 fully saturated rings. The summed E-state index contributed by atoms with van der Waals surface area (Å²) in [6, 6.07) is 4.72. The van der Waals surface area contributed by atoms with Gasteiger partial charge in [-0.3, -0.25) is 0 Å². The predicted octanol–water partition coefficient (Wildman–Crippen LogP) is 4.85. The fraction of sp³-hybridized carbons (Fsp3) is 0.727. The van der Waals surface area contributed by atoms with Crippen molar-refractivity contribution >= 4 is 24.8 Å². The molecule has 1 aromatic carbocycles. The van der Waals surface area contributed by atoms with Crippen LogP contribution in [0.25, 0.3) is 0 Å². The van der Waals surface area contributed by atoms with Crippen LogP contribution < -0.4 is 9.47 Å². The van der Waals surface area contributed by atoms with Gasteiger partial charge < -0.3 is 24.4 Å². The summed E-state index contributed by atoms with van der Waals surface area (Å²) in [6.45, 7) is 6.21. The highest BCUT2D eigenvalue weighted by Crippen LogP contribution is 2.43. The number of hydrogen-bond donors (Lipinski definition) is 1. The van der Waals surface area contributed by atoms with Gasteiger partial charge in [0.1, 0.15) is 0 Å². The molecule has 1 N–H and O–H groups in total. The van der Waals surface area contributed by atoms with Gasteiger partial charge in [0.05, 0.1) is 12.2 Å². The van der Waals surface area contributed by atoms with Crippen LogP contribution in [-0.4, -0.2) is 73.2 Å². The molecule has 32 heavy (non-hydrogen) atoms. The van der Waals surface area contributed by atoms with Gasteiger partial charge in [0.25, 0.3) is 0 Å². The molecule has 1 aliphatic heterocycles. The monoisotopic (exact) mass is 502 g/mol. The zero-order valence-corrected chi connectivity index (χ0v) is 20.3. The molecule has 2 aliphatic rings. The van der Waals surface area contributed by atoms with Crippen LogP contribution >= 0.6 is 24.8 Å². The van der Waals surface area contributed by atoms with Crippen LogP contribution in [0.2, 0.25) is 0 Å². The topological polar surface area (TPSA) is 45.2 Å². The molecule has 186 valence electrons. The lowest BCUT2D eigenvalue weighted by molar-refractivity contribution is -0.275. The molecule has 1 atom stereocenters. The van der Waals surface area contributed by atoms with E-state index in [-0.39, 0.29) is 48.8 Å². The third-order valence-electron chi connectivity index (χ3n) is 6.30. The molecular formula is C22H35Cl2F3N2O3. The molecular weight excluding hydrogens is 468 g/mol. The van der Waals surface area contributed by atoms with E-state index in [1.54, 1.807) is 13.0 Å². The zero-order chi connectivity index (χ0) is 21.8. The average molecular weight is 503 g/mol. The van der Waals surface area contributed by atoms with Gasteiger partial charge in [0, 0.05) is 38.6 Å². The first kappa shape index (κ1) is 29.1. The van der Waals surface area contributed by atoms with Crippen LogP contribution in [0.4, 0.5) is 13.2 Å². The van der Waals surface area contributed by atoms with E-state index in [1.807, 2.05) is 0 Å². The molecule has 1 aliphatic carbocycles. The van der Waals surface area contributed by atoms with Gasteiger partial charge in [-0.1, -0.05) is 25.3 Å². The molecule has 10 heteroatoms. The summed E-state index contributed by atoms with van der Waals surface area (Å²) in [5.74, 6) is -0.565. The first-order chi connectivity index (χ1) is 14.2. The number of alkyl halides is 3. The average Bonchev–Trinajstić information content (AvgIpc) is 2.68. The van der Waals surface area contributed by atoms with Crippen LogP contribution in [0.1, 0.15) is 50.5 Å². The fourth-order valence-electron chi connectivity index (χ4n) is 4.61. The van der Waals surface area contributed by atoms with Crippen molar-refractivity contribution in [1.29, 1.82) is 0 Å². The summed E-state index contributed by atoms with van der Waals surface area (Å²) in [7, 11) is 2.08. The standard InChI is InChI=1S/C22H33F3N2O3.2ClH/c1-3-29-19-8-7-17(15-20(19)30-22(23,24)25)18(21(28)9-5-4-6-10-21)16-27-13-11-26(2)12-14-27;;/h7-8,15,18,28H,3-6,9-14,16H2,1-2H3;2*1H. The number of aliphatic hydroxyl groups is 1. The molecule has 1 heterocycles. The lowest BCUT2D eigenvalue weighted by Crippen LogP contribution is -2.50. The lowest BCUT2D eigenvalue weighted by atomic mass is 9.72. The Bertz CT molecular complexity index is 695. The lowest BCUT2D eigenvalue weighted by Gasteiger charge is -2.43. The molecule has 1 aromatic rings. The summed E-state index contributed by atoms with van der Waals surface area (Å²) in [5.41, 5.74) is -0.259. The molecule has 0 radical (unpaired) electrons. The SMILES string of the molecule is CCOc1ccc(C(CN2CCN(C)CC2)C2(O)CCCCC2)cc1OC(F)(F)F.Cl.Cl. The second kappa shape index (κ2) is 12.5. The van der Waals surface area contributed by atoms with Crippen molar-refractivity contribution in [1.82, 2.24) is 9.80 Å². The smallest absolute Gasteiger partial charge is 0.490 e. The third kappa shape index (κ3) is 7.83. The number of benzene rings is 1. The molecule has 0 amide bonds. The van der Waals surface area contributed by atoms with Crippen molar-refractivity contribution in [2.75, 3.05) is 46.4 Å². The number of ether oxygens (including phenoxy) is 2. The van der Waals surface area contributed by atoms with Crippen LogP contribution in [0.15, 0.2) is 18.2 Å². The summed E-state index contributed by atoms with van der Waals surface area (Å²) < 4.78 is 48.6. The van der Waals surface area contributed by atoms with Gasteiger partial charge in [-0.05, 0) is 44.5 Å². The van der Waals surface area contributed by atoms with Crippen molar-refractivity contribution in [2.24, 2.45) is 0 Å². The summed E-state index contributed by atoms with van der Waals surface area (Å²) in [4.78, 5) is 4.56. The molecule has 1 saturated heterocycles. The minimum atomic E-state index is -4.81. The van der Waals surface area contributed by atoms with Gasteiger partial charge in [-0.15, -0.1) is 38.0 Å². The van der Waals surface area contributed by atoms with Crippen LogP contribution in [0.5, 0.6) is 11.5 Å². The largest absolute Gasteiger partial charge is 0.573 e. The van der Waals surface area contributed by atoms with Crippen molar-refractivity contribution < 1.29 is 27.8 Å². The van der Waals surface area contributed by atoms with Crippen LogP contribution in [0.3, 0.4) is 0 Å². The Morgan fingerprint density at radius 1 is 1.03 bits per heavy atom. The van der Waals surface area contributed by atoms with E-state index in [0.717, 1.165) is 45.4 Å². The third-order valence-corrected chi connectivity index (χ3v) is 6.30. The van der Waals surface area contributed by atoms with Crippen LogP contribution in [0, 0.1) is 0 Å². The molecule has 1 unspecified atom stereocenters. The second-order valence-electron chi connectivity index (χ2n) is 8.51. The number of nitrogens with zero attached hydrogens (tertiary/aromatic N) is 2. The van der Waals surface area contributed by atoms with Gasteiger partial charge in [0.15, 0.2) is 11.5 Å². The van der Waals surface area contributed by atoms with E-state index in [4.69, 9.17) is 4.74 Å². The number of rotatable bonds is 7. The minimum Gasteiger partial charge on any atom is -0.490 e. The van der Waals surface area contributed by atoms with Crippen molar-refractivity contribution in [2.45, 2.75) is 56.9 Å². The molecule has 1 saturated carbocycles. The Balaban J connectivity index is 0.00000256. The maximum atomic E-state index is 13.0. The van der Waals surface area contributed by atoms with Gasteiger partial charge in [-0.2, -0.15) is 0 Å². The van der Waals surface area contributed by atoms with E-state index in [2.05, 4.69) is 21.6 Å². The van der Waals surface area contributed by atoms with E-state index >= 15 is 0 Å².